The summed E-state index contributed by atoms with van der Waals surface area (Å²) in [4.78, 5) is 22.6. The van der Waals surface area contributed by atoms with E-state index in [9.17, 15) is 9.59 Å². The van der Waals surface area contributed by atoms with Gasteiger partial charge in [0.25, 0.3) is 5.91 Å². The van der Waals surface area contributed by atoms with Gasteiger partial charge in [-0.3, -0.25) is 4.79 Å². The predicted molar refractivity (Wildman–Crippen MR) is 64.5 cm³/mol. The van der Waals surface area contributed by atoms with Gasteiger partial charge >= 0.3 is 6.09 Å². The number of ether oxygens (including phenoxy) is 1. The third kappa shape index (κ3) is 3.67. The lowest BCUT2D eigenvalue weighted by molar-refractivity contribution is -0.123. The Hall–Kier alpha value is -2.24. The minimum absolute atomic E-state index is 0.438. The monoisotopic (exact) mass is 237 g/mol. The lowest BCUT2D eigenvalue weighted by Gasteiger charge is -2.13. The van der Waals surface area contributed by atoms with Crippen molar-refractivity contribution >= 4 is 23.4 Å². The summed E-state index contributed by atoms with van der Waals surface area (Å²) in [5.41, 5.74) is 6.60. The first-order valence-electron chi connectivity index (χ1n) is 5.08. The van der Waals surface area contributed by atoms with Crippen molar-refractivity contribution in [1.29, 1.82) is 0 Å². The van der Waals surface area contributed by atoms with Gasteiger partial charge in [0.05, 0.1) is 11.4 Å². The molecule has 1 unspecified atom stereocenters. The van der Waals surface area contributed by atoms with Gasteiger partial charge in [-0.2, -0.15) is 0 Å². The summed E-state index contributed by atoms with van der Waals surface area (Å²) in [6.07, 6.45) is -1.55. The Morgan fingerprint density at radius 2 is 2.00 bits per heavy atom. The Balaban J connectivity index is 2.60. The number of rotatable bonds is 3. The van der Waals surface area contributed by atoms with E-state index in [1.165, 1.54) is 14.0 Å². The highest BCUT2D eigenvalue weighted by molar-refractivity contribution is 5.97. The van der Waals surface area contributed by atoms with E-state index in [1.54, 1.807) is 24.3 Å². The third-order valence-electron chi connectivity index (χ3n) is 2.08. The molecular weight excluding hydrogens is 222 g/mol. The first kappa shape index (κ1) is 12.8. The smallest absolute Gasteiger partial charge is 0.407 e. The molecule has 6 heteroatoms. The molecule has 0 fully saturated rings. The zero-order valence-corrected chi connectivity index (χ0v) is 9.69. The maximum absolute atomic E-state index is 11.6. The molecule has 92 valence electrons. The topological polar surface area (TPSA) is 93.4 Å². The zero-order chi connectivity index (χ0) is 12.8. The van der Waals surface area contributed by atoms with Crippen LogP contribution >= 0.6 is 0 Å². The predicted octanol–water partition coefficient (Wildman–Crippen LogP) is 0.952. The number of carbonyl (C=O) groups is 2. The van der Waals surface area contributed by atoms with Crippen LogP contribution in [-0.4, -0.2) is 25.2 Å². The molecule has 0 aliphatic heterocycles. The lowest BCUT2D eigenvalue weighted by Crippen LogP contribution is -2.33. The summed E-state index contributed by atoms with van der Waals surface area (Å²) in [6.45, 7) is 1.48. The fourth-order valence-electron chi connectivity index (χ4n) is 1.12. The molecule has 0 bridgehead atoms. The van der Waals surface area contributed by atoms with Crippen LogP contribution < -0.4 is 16.4 Å². The molecule has 1 aromatic rings. The number of nitrogen functional groups attached to an aromatic ring is 1. The number of carbonyl (C=O) groups excluding carboxylic acids is 2. The lowest BCUT2D eigenvalue weighted by atomic mass is 10.2. The maximum Gasteiger partial charge on any atom is 0.407 e. The van der Waals surface area contributed by atoms with E-state index >= 15 is 0 Å². The molecule has 0 aliphatic rings. The van der Waals surface area contributed by atoms with Crippen molar-refractivity contribution in [3.63, 3.8) is 0 Å². The van der Waals surface area contributed by atoms with Crippen molar-refractivity contribution in [2.75, 3.05) is 18.1 Å². The quantitative estimate of drug-likeness (QED) is 0.682. The van der Waals surface area contributed by atoms with Gasteiger partial charge in [-0.15, -0.1) is 0 Å². The summed E-state index contributed by atoms with van der Waals surface area (Å²) in [5, 5.41) is 4.83. The number of anilines is 2. The van der Waals surface area contributed by atoms with E-state index in [0.717, 1.165) is 0 Å². The molecule has 17 heavy (non-hydrogen) atoms. The molecule has 1 atom stereocenters. The second kappa shape index (κ2) is 5.74. The van der Waals surface area contributed by atoms with Crippen molar-refractivity contribution in [1.82, 2.24) is 5.32 Å². The minimum atomic E-state index is -0.894. The zero-order valence-electron chi connectivity index (χ0n) is 9.69. The van der Waals surface area contributed by atoms with Crippen LogP contribution in [-0.2, 0) is 9.53 Å². The summed E-state index contributed by atoms with van der Waals surface area (Å²) in [5.74, 6) is -0.438. The summed E-state index contributed by atoms with van der Waals surface area (Å²) >= 11 is 0. The van der Waals surface area contributed by atoms with Gasteiger partial charge in [0.15, 0.2) is 6.10 Å². The van der Waals surface area contributed by atoms with E-state index in [1.807, 2.05) is 0 Å². The van der Waals surface area contributed by atoms with Crippen LogP contribution in [0.15, 0.2) is 24.3 Å². The molecule has 0 saturated carbocycles. The fourth-order valence-corrected chi connectivity index (χ4v) is 1.12. The van der Waals surface area contributed by atoms with Gasteiger partial charge in [0.2, 0.25) is 0 Å². The summed E-state index contributed by atoms with van der Waals surface area (Å²) in [7, 11) is 1.42. The molecule has 1 rings (SSSR count). The molecule has 0 saturated heterocycles. The van der Waals surface area contributed by atoms with E-state index in [-0.39, 0.29) is 0 Å². The Morgan fingerprint density at radius 3 is 2.59 bits per heavy atom. The van der Waals surface area contributed by atoms with Gasteiger partial charge in [-0.1, -0.05) is 12.1 Å². The molecule has 0 radical (unpaired) electrons. The second-order valence-corrected chi connectivity index (χ2v) is 3.37. The Kier molecular flexibility index (Phi) is 4.33. The van der Waals surface area contributed by atoms with E-state index in [2.05, 4.69) is 10.6 Å². The molecule has 0 aliphatic carbocycles. The van der Waals surface area contributed by atoms with Gasteiger partial charge in [-0.05, 0) is 19.1 Å². The number of hydrogen-bond acceptors (Lipinski definition) is 4. The van der Waals surface area contributed by atoms with Crippen LogP contribution in [0, 0.1) is 0 Å². The molecular formula is C11H15N3O3. The average Bonchev–Trinajstić information content (AvgIpc) is 2.31. The van der Waals surface area contributed by atoms with Crippen molar-refractivity contribution in [2.45, 2.75) is 13.0 Å². The van der Waals surface area contributed by atoms with Crippen LogP contribution in [0.5, 0.6) is 0 Å². The number of amides is 2. The Labute approximate surface area is 99.1 Å². The first-order valence-corrected chi connectivity index (χ1v) is 5.08. The van der Waals surface area contributed by atoms with Crippen LogP contribution in [0.1, 0.15) is 6.92 Å². The Morgan fingerprint density at radius 1 is 1.35 bits per heavy atom. The first-order chi connectivity index (χ1) is 8.04. The molecule has 0 aromatic heterocycles. The number of benzene rings is 1. The fraction of sp³-hybridized carbons (Fsp3) is 0.273. The van der Waals surface area contributed by atoms with Crippen LogP contribution in [0.2, 0.25) is 0 Å². The highest BCUT2D eigenvalue weighted by Crippen LogP contribution is 2.16. The van der Waals surface area contributed by atoms with Crippen LogP contribution in [0.3, 0.4) is 0 Å². The highest BCUT2D eigenvalue weighted by atomic mass is 16.6. The standard InChI is InChI=1S/C11H15N3O3/c1-7(17-11(16)13-2)10(15)14-9-6-4-3-5-8(9)12/h3-7H,12H2,1-2H3,(H,13,16)(H,14,15). The molecule has 1 aromatic carbocycles. The molecule has 2 amide bonds. The summed E-state index contributed by atoms with van der Waals surface area (Å²) < 4.78 is 4.77. The SMILES string of the molecule is CNC(=O)OC(C)C(=O)Nc1ccccc1N. The number of nitrogens with two attached hydrogens (primary N) is 1. The molecule has 0 heterocycles. The normalized spacial score (nSPS) is 11.4. The minimum Gasteiger partial charge on any atom is -0.436 e. The van der Waals surface area contributed by atoms with E-state index in [0.29, 0.717) is 11.4 Å². The number of para-hydroxylation sites is 2. The number of alkyl carbamates (subject to hydrolysis) is 1. The number of nitrogens with one attached hydrogen (secondary N) is 2. The van der Waals surface area contributed by atoms with Gasteiger partial charge in [0, 0.05) is 7.05 Å². The molecule has 6 nitrogen and oxygen atoms in total. The average molecular weight is 237 g/mol. The van der Waals surface area contributed by atoms with Crippen molar-refractivity contribution in [2.24, 2.45) is 0 Å². The molecule has 4 N–H and O–H groups in total. The van der Waals surface area contributed by atoms with Gasteiger partial charge < -0.3 is 21.1 Å². The second-order valence-electron chi connectivity index (χ2n) is 3.37. The van der Waals surface area contributed by atoms with E-state index < -0.39 is 18.1 Å². The van der Waals surface area contributed by atoms with Crippen molar-refractivity contribution < 1.29 is 14.3 Å². The van der Waals surface area contributed by atoms with Crippen LogP contribution in [0.25, 0.3) is 0 Å². The van der Waals surface area contributed by atoms with Crippen molar-refractivity contribution in [3.8, 4) is 0 Å². The Bertz CT molecular complexity index is 420. The third-order valence-corrected chi connectivity index (χ3v) is 2.08. The van der Waals surface area contributed by atoms with Crippen molar-refractivity contribution in [3.05, 3.63) is 24.3 Å². The summed E-state index contributed by atoms with van der Waals surface area (Å²) in [6, 6.07) is 6.84. The molecule has 0 spiro atoms. The van der Waals surface area contributed by atoms with Gasteiger partial charge in [-0.25, -0.2) is 4.79 Å². The largest absolute Gasteiger partial charge is 0.436 e. The number of hydrogen-bond donors (Lipinski definition) is 3. The highest BCUT2D eigenvalue weighted by Gasteiger charge is 2.17. The van der Waals surface area contributed by atoms with Crippen LogP contribution in [0.4, 0.5) is 16.2 Å². The van der Waals surface area contributed by atoms with Gasteiger partial charge in [0.1, 0.15) is 0 Å². The maximum atomic E-state index is 11.6. The van der Waals surface area contributed by atoms with E-state index in [4.69, 9.17) is 10.5 Å².